The molecule has 0 aliphatic carbocycles. The molecule has 0 saturated carbocycles. The Balaban J connectivity index is 1.79. The van der Waals surface area contributed by atoms with Gasteiger partial charge in [-0.25, -0.2) is 0 Å². The van der Waals surface area contributed by atoms with Crippen LogP contribution in [0.15, 0.2) is 10.6 Å². The Hall–Kier alpha value is -1.16. The van der Waals surface area contributed by atoms with Gasteiger partial charge in [0.1, 0.15) is 4.32 Å². The van der Waals surface area contributed by atoms with Crippen molar-refractivity contribution in [1.82, 2.24) is 9.80 Å². The van der Waals surface area contributed by atoms with E-state index in [-0.39, 0.29) is 23.6 Å². The van der Waals surface area contributed by atoms with Gasteiger partial charge in [-0.3, -0.25) is 4.79 Å². The number of fused-ring (bicyclic) bond motifs is 1. The highest BCUT2D eigenvalue weighted by Crippen LogP contribution is 2.50. The second-order valence-electron chi connectivity index (χ2n) is 7.99. The number of nitrogens with zero attached hydrogens (tertiary/aromatic N) is 3. The number of likely N-dealkylation sites (N-methyl/N-ethyl adjacent to an activating group) is 1. The number of aliphatic hydroxyl groups excluding tert-OH is 1. The van der Waals surface area contributed by atoms with Gasteiger partial charge in [0.05, 0.1) is 70.0 Å². The Morgan fingerprint density at radius 1 is 1.38 bits per heavy atom. The highest BCUT2D eigenvalue weighted by Gasteiger charge is 2.58. The lowest BCUT2D eigenvalue weighted by Gasteiger charge is -2.47. The average Bonchev–Trinajstić information content (AvgIpc) is 2.76. The number of aliphatic hydroxyl groups is 1. The van der Waals surface area contributed by atoms with Gasteiger partial charge < -0.3 is 29.3 Å². The van der Waals surface area contributed by atoms with Crippen LogP contribution in [-0.2, 0) is 9.59 Å². The van der Waals surface area contributed by atoms with Gasteiger partial charge in [-0.2, -0.15) is 0 Å². The van der Waals surface area contributed by atoms with Crippen LogP contribution in [0.2, 0.25) is 0 Å². The summed E-state index contributed by atoms with van der Waals surface area (Å²) in [7, 11) is 4.35. The molecule has 26 heavy (non-hydrogen) atoms. The van der Waals surface area contributed by atoms with E-state index in [1.807, 2.05) is 6.92 Å². The van der Waals surface area contributed by atoms with Crippen molar-refractivity contribution in [3.63, 3.8) is 0 Å². The van der Waals surface area contributed by atoms with Crippen molar-refractivity contribution in [3.8, 4) is 0 Å². The minimum atomic E-state index is -1.36. The SMILES string of the molecule is C[C@@H](O)[C@H]1C(=O)N2C(C(=O)[O-])=C(SC(=S)N3CC[N+](C)(C)CC3)[C@H](C)[C@H]12. The average molecular weight is 400 g/mol. The number of carbonyl (C=O) groups excluding carboxylic acids is 2. The molecule has 0 radical (unpaired) electrons. The van der Waals surface area contributed by atoms with Crippen molar-refractivity contribution in [1.29, 1.82) is 0 Å². The predicted molar refractivity (Wildman–Crippen MR) is 101 cm³/mol. The third-order valence-electron chi connectivity index (χ3n) is 5.71. The summed E-state index contributed by atoms with van der Waals surface area (Å²) in [6, 6.07) is -0.336. The van der Waals surface area contributed by atoms with E-state index in [0.717, 1.165) is 30.7 Å². The van der Waals surface area contributed by atoms with Crippen LogP contribution in [0.5, 0.6) is 0 Å². The largest absolute Gasteiger partial charge is 0.543 e. The molecule has 9 heteroatoms. The van der Waals surface area contributed by atoms with Crippen molar-refractivity contribution in [2.75, 3.05) is 40.3 Å². The number of amides is 1. The molecule has 0 bridgehead atoms. The van der Waals surface area contributed by atoms with Crippen LogP contribution in [0.3, 0.4) is 0 Å². The first-order valence-electron chi connectivity index (χ1n) is 8.80. The normalized spacial score (nSPS) is 31.6. The van der Waals surface area contributed by atoms with E-state index in [1.54, 1.807) is 6.92 Å². The molecule has 0 aromatic rings. The Morgan fingerprint density at radius 3 is 2.46 bits per heavy atom. The van der Waals surface area contributed by atoms with E-state index in [4.69, 9.17) is 12.2 Å². The summed E-state index contributed by atoms with van der Waals surface area (Å²) in [6.07, 6.45) is -0.812. The Morgan fingerprint density at radius 2 is 1.96 bits per heavy atom. The molecule has 3 heterocycles. The number of rotatable bonds is 3. The summed E-state index contributed by atoms with van der Waals surface area (Å²) >= 11 is 6.82. The molecule has 0 aromatic carbocycles. The molecule has 1 amide bonds. The lowest BCUT2D eigenvalue weighted by atomic mass is 9.79. The quantitative estimate of drug-likeness (QED) is 0.378. The first kappa shape index (κ1) is 19.6. The topological polar surface area (TPSA) is 83.9 Å². The number of carboxylic acids is 1. The highest BCUT2D eigenvalue weighted by molar-refractivity contribution is 8.25. The lowest BCUT2D eigenvalue weighted by molar-refractivity contribution is -0.893. The fourth-order valence-corrected chi connectivity index (χ4v) is 5.55. The number of quaternary nitrogens is 1. The number of carboxylic acid groups (broad SMARTS) is 1. The summed E-state index contributed by atoms with van der Waals surface area (Å²) in [5.41, 5.74) is -0.0788. The summed E-state index contributed by atoms with van der Waals surface area (Å²) in [5, 5.41) is 21.6. The number of hydrogen-bond donors (Lipinski definition) is 1. The minimum Gasteiger partial charge on any atom is -0.543 e. The maximum Gasteiger partial charge on any atom is 0.235 e. The monoisotopic (exact) mass is 399 g/mol. The molecule has 2 saturated heterocycles. The summed E-state index contributed by atoms with van der Waals surface area (Å²) < 4.78 is 1.57. The summed E-state index contributed by atoms with van der Waals surface area (Å²) in [4.78, 5) is 28.0. The fraction of sp³-hybridized carbons (Fsp3) is 0.706. The van der Waals surface area contributed by atoms with Crippen LogP contribution < -0.4 is 5.11 Å². The molecule has 1 N–H and O–H groups in total. The smallest absolute Gasteiger partial charge is 0.235 e. The number of β-lactam (4-membered cyclic amide) rings is 1. The van der Waals surface area contributed by atoms with Crippen molar-refractivity contribution in [3.05, 3.63) is 10.6 Å². The van der Waals surface area contributed by atoms with Crippen LogP contribution in [0.4, 0.5) is 0 Å². The Labute approximate surface area is 163 Å². The number of thioether (sulfide) groups is 1. The number of hydrogen-bond acceptors (Lipinski definition) is 6. The van der Waals surface area contributed by atoms with Gasteiger partial charge in [0.25, 0.3) is 0 Å². The Kier molecular flexibility index (Phi) is 5.11. The number of thiocarbonyl (C=S) groups is 1. The molecule has 3 aliphatic heterocycles. The minimum absolute atomic E-state index is 0.0788. The van der Waals surface area contributed by atoms with Crippen LogP contribution in [0, 0.1) is 11.8 Å². The van der Waals surface area contributed by atoms with Gasteiger partial charge in [0.2, 0.25) is 5.91 Å². The van der Waals surface area contributed by atoms with Gasteiger partial charge in [-0.1, -0.05) is 30.9 Å². The maximum absolute atomic E-state index is 12.3. The highest BCUT2D eigenvalue weighted by atomic mass is 32.2. The molecule has 0 aromatic heterocycles. The zero-order valence-corrected chi connectivity index (χ0v) is 17.1. The molecule has 144 valence electrons. The molecule has 2 fully saturated rings. The number of carbonyl (C=O) groups is 2. The summed E-state index contributed by atoms with van der Waals surface area (Å²) in [6.45, 7) is 7.04. The van der Waals surface area contributed by atoms with E-state index in [9.17, 15) is 19.8 Å². The third-order valence-corrected chi connectivity index (χ3v) is 7.43. The predicted octanol–water partition coefficient (Wildman–Crippen LogP) is -0.784. The molecule has 3 aliphatic rings. The first-order chi connectivity index (χ1) is 12.0. The first-order valence-corrected chi connectivity index (χ1v) is 10.0. The molecule has 0 spiro atoms. The summed E-state index contributed by atoms with van der Waals surface area (Å²) in [5.74, 6) is -2.48. The zero-order valence-electron chi connectivity index (χ0n) is 15.5. The molecule has 7 nitrogen and oxygen atoms in total. The van der Waals surface area contributed by atoms with Gasteiger partial charge in [-0.15, -0.1) is 0 Å². The van der Waals surface area contributed by atoms with Crippen LogP contribution >= 0.6 is 24.0 Å². The maximum atomic E-state index is 12.3. The van der Waals surface area contributed by atoms with E-state index in [2.05, 4.69) is 19.0 Å². The van der Waals surface area contributed by atoms with Crippen molar-refractivity contribution in [2.24, 2.45) is 11.8 Å². The zero-order chi connectivity index (χ0) is 19.4. The van der Waals surface area contributed by atoms with Crippen LogP contribution in [-0.4, -0.2) is 88.0 Å². The van der Waals surface area contributed by atoms with E-state index < -0.39 is 18.0 Å². The van der Waals surface area contributed by atoms with Crippen molar-refractivity contribution < 1.29 is 24.3 Å². The molecule has 3 rings (SSSR count). The van der Waals surface area contributed by atoms with Crippen LogP contribution in [0.25, 0.3) is 0 Å². The molecule has 4 atom stereocenters. The third kappa shape index (κ3) is 3.15. The Bertz CT molecular complexity index is 681. The second-order valence-corrected chi connectivity index (χ2v) is 9.67. The standard InChI is InChI=1S/C17H25N3O4S2/c1-9-12-11(10(2)21)15(22)19(12)13(16(23)24)14(9)26-17(25)18-5-7-20(3,4)8-6-18/h9-12,21H,5-8H2,1-4H3/t9-,10-,11-,12-/m1/s1. The molecular weight excluding hydrogens is 374 g/mol. The van der Waals surface area contributed by atoms with Gasteiger partial charge in [0.15, 0.2) is 0 Å². The number of piperazine rings is 1. The lowest BCUT2D eigenvalue weighted by Crippen LogP contribution is -2.64. The number of aliphatic carboxylic acids is 1. The molecular formula is C17H25N3O4S2. The van der Waals surface area contributed by atoms with E-state index in [1.165, 1.54) is 16.7 Å². The van der Waals surface area contributed by atoms with Gasteiger partial charge in [0, 0.05) is 10.8 Å². The van der Waals surface area contributed by atoms with Crippen molar-refractivity contribution >= 4 is 40.2 Å². The second kappa shape index (κ2) is 6.78. The fourth-order valence-electron chi connectivity index (χ4n) is 3.99. The van der Waals surface area contributed by atoms with Gasteiger partial charge in [-0.05, 0) is 6.92 Å². The van der Waals surface area contributed by atoms with E-state index in [0.29, 0.717) is 9.23 Å². The van der Waals surface area contributed by atoms with E-state index >= 15 is 0 Å². The molecule has 0 unspecified atom stereocenters. The van der Waals surface area contributed by atoms with Crippen molar-refractivity contribution in [2.45, 2.75) is 26.0 Å². The van der Waals surface area contributed by atoms with Crippen LogP contribution in [0.1, 0.15) is 13.8 Å². The van der Waals surface area contributed by atoms with Gasteiger partial charge >= 0.3 is 0 Å².